The Morgan fingerprint density at radius 1 is 1.22 bits per heavy atom. The largest absolute Gasteiger partial charge is 0.454 e. The van der Waals surface area contributed by atoms with Gasteiger partial charge in [0, 0.05) is 22.8 Å². The van der Waals surface area contributed by atoms with E-state index in [9.17, 15) is 4.79 Å². The summed E-state index contributed by atoms with van der Waals surface area (Å²) in [5.41, 5.74) is 1.64. The fourth-order valence-corrected chi connectivity index (χ4v) is 2.66. The summed E-state index contributed by atoms with van der Waals surface area (Å²) in [6.07, 6.45) is 0. The van der Waals surface area contributed by atoms with E-state index in [1.54, 1.807) is 18.2 Å². The number of halogens is 1. The first kappa shape index (κ1) is 15.6. The standard InChI is InChI=1S/C17H17ClN2O3/c1-11(13-4-2-3-5-14(13)18)19-9-17(21)20-12-6-7-15-16(8-12)23-10-22-15/h2-8,11,19H,9-10H2,1H3,(H,20,21)/t11-/m0/s1. The number of amides is 1. The Labute approximate surface area is 139 Å². The molecule has 1 amide bonds. The number of ether oxygens (including phenoxy) is 2. The quantitative estimate of drug-likeness (QED) is 0.881. The van der Waals surface area contributed by atoms with Gasteiger partial charge in [-0.25, -0.2) is 0 Å². The molecule has 0 radical (unpaired) electrons. The van der Waals surface area contributed by atoms with Crippen molar-refractivity contribution in [3.05, 3.63) is 53.1 Å². The Kier molecular flexibility index (Phi) is 4.69. The van der Waals surface area contributed by atoms with Crippen LogP contribution in [0.3, 0.4) is 0 Å². The van der Waals surface area contributed by atoms with Crippen LogP contribution < -0.4 is 20.1 Å². The van der Waals surface area contributed by atoms with Crippen LogP contribution in [0.1, 0.15) is 18.5 Å². The molecule has 0 bridgehead atoms. The van der Waals surface area contributed by atoms with Gasteiger partial charge in [-0.3, -0.25) is 4.79 Å². The summed E-state index contributed by atoms with van der Waals surface area (Å²) in [5, 5.41) is 6.67. The van der Waals surface area contributed by atoms with Gasteiger partial charge < -0.3 is 20.1 Å². The summed E-state index contributed by atoms with van der Waals surface area (Å²) in [7, 11) is 0. The Hall–Kier alpha value is -2.24. The lowest BCUT2D eigenvalue weighted by Gasteiger charge is -2.15. The Bertz CT molecular complexity index is 721. The van der Waals surface area contributed by atoms with Gasteiger partial charge in [-0.15, -0.1) is 0 Å². The number of carbonyl (C=O) groups excluding carboxylic acids is 1. The first-order valence-corrected chi connectivity index (χ1v) is 7.68. The van der Waals surface area contributed by atoms with Gasteiger partial charge in [0.05, 0.1) is 6.54 Å². The highest BCUT2D eigenvalue weighted by Crippen LogP contribution is 2.34. The minimum Gasteiger partial charge on any atom is -0.454 e. The summed E-state index contributed by atoms with van der Waals surface area (Å²) in [6, 6.07) is 12.9. The predicted molar refractivity (Wildman–Crippen MR) is 89.1 cm³/mol. The molecular formula is C17H17ClN2O3. The molecule has 0 saturated heterocycles. The number of anilines is 1. The van der Waals surface area contributed by atoms with Gasteiger partial charge >= 0.3 is 0 Å². The predicted octanol–water partition coefficient (Wildman–Crippen LogP) is 3.36. The molecule has 2 N–H and O–H groups in total. The van der Waals surface area contributed by atoms with Crippen molar-refractivity contribution in [1.29, 1.82) is 0 Å². The summed E-state index contributed by atoms with van der Waals surface area (Å²) in [4.78, 5) is 12.1. The second-order valence-electron chi connectivity index (χ2n) is 5.24. The molecule has 0 saturated carbocycles. The molecule has 23 heavy (non-hydrogen) atoms. The molecule has 5 nitrogen and oxygen atoms in total. The third kappa shape index (κ3) is 3.75. The summed E-state index contributed by atoms with van der Waals surface area (Å²) in [6.45, 7) is 2.36. The number of hydrogen-bond donors (Lipinski definition) is 2. The fraction of sp³-hybridized carbons (Fsp3) is 0.235. The molecule has 1 aliphatic heterocycles. The maximum atomic E-state index is 12.1. The first-order chi connectivity index (χ1) is 11.1. The molecule has 1 atom stereocenters. The van der Waals surface area contributed by atoms with Gasteiger partial charge in [-0.05, 0) is 30.7 Å². The second kappa shape index (κ2) is 6.89. The number of benzene rings is 2. The molecule has 3 rings (SSSR count). The molecule has 6 heteroatoms. The van der Waals surface area contributed by atoms with E-state index in [-0.39, 0.29) is 25.3 Å². The number of carbonyl (C=O) groups is 1. The van der Waals surface area contributed by atoms with E-state index in [1.807, 2.05) is 31.2 Å². The third-order valence-electron chi connectivity index (χ3n) is 3.60. The highest BCUT2D eigenvalue weighted by Gasteiger charge is 2.15. The SMILES string of the molecule is C[C@H](NCC(=O)Nc1ccc2c(c1)OCO2)c1ccccc1Cl. The van der Waals surface area contributed by atoms with Crippen LogP contribution in [0.2, 0.25) is 5.02 Å². The van der Waals surface area contributed by atoms with Crippen molar-refractivity contribution in [2.45, 2.75) is 13.0 Å². The number of fused-ring (bicyclic) bond motifs is 1. The second-order valence-corrected chi connectivity index (χ2v) is 5.65. The van der Waals surface area contributed by atoms with Crippen LogP contribution in [0.15, 0.2) is 42.5 Å². The van der Waals surface area contributed by atoms with Crippen LogP contribution in [0.25, 0.3) is 0 Å². The lowest BCUT2D eigenvalue weighted by atomic mass is 10.1. The van der Waals surface area contributed by atoms with E-state index in [0.29, 0.717) is 22.2 Å². The molecule has 0 spiro atoms. The molecular weight excluding hydrogens is 316 g/mol. The zero-order valence-electron chi connectivity index (χ0n) is 12.6. The lowest BCUT2D eigenvalue weighted by Crippen LogP contribution is -2.30. The maximum Gasteiger partial charge on any atom is 0.238 e. The smallest absolute Gasteiger partial charge is 0.238 e. The zero-order valence-corrected chi connectivity index (χ0v) is 13.4. The zero-order chi connectivity index (χ0) is 16.2. The topological polar surface area (TPSA) is 59.6 Å². The molecule has 2 aromatic carbocycles. The molecule has 120 valence electrons. The van der Waals surface area contributed by atoms with Crippen molar-refractivity contribution in [3.63, 3.8) is 0 Å². The van der Waals surface area contributed by atoms with E-state index in [2.05, 4.69) is 10.6 Å². The van der Waals surface area contributed by atoms with Crippen LogP contribution in [0.4, 0.5) is 5.69 Å². The monoisotopic (exact) mass is 332 g/mol. The minimum absolute atomic E-state index is 0.0220. The molecule has 1 heterocycles. The van der Waals surface area contributed by atoms with Crippen molar-refractivity contribution in [2.75, 3.05) is 18.7 Å². The normalized spacial score (nSPS) is 13.7. The van der Waals surface area contributed by atoms with Gasteiger partial charge in [0.15, 0.2) is 11.5 Å². The van der Waals surface area contributed by atoms with Crippen molar-refractivity contribution < 1.29 is 14.3 Å². The number of hydrogen-bond acceptors (Lipinski definition) is 4. The molecule has 0 fully saturated rings. The average molecular weight is 333 g/mol. The fourth-order valence-electron chi connectivity index (χ4n) is 2.36. The summed E-state index contributed by atoms with van der Waals surface area (Å²) in [5.74, 6) is 1.19. The first-order valence-electron chi connectivity index (χ1n) is 7.31. The van der Waals surface area contributed by atoms with Crippen LogP contribution in [-0.2, 0) is 4.79 Å². The van der Waals surface area contributed by atoms with Gasteiger partial charge in [0.2, 0.25) is 12.7 Å². The highest BCUT2D eigenvalue weighted by atomic mass is 35.5. The van der Waals surface area contributed by atoms with E-state index >= 15 is 0 Å². The molecule has 2 aromatic rings. The molecule has 1 aliphatic rings. The molecule has 0 aromatic heterocycles. The third-order valence-corrected chi connectivity index (χ3v) is 3.94. The van der Waals surface area contributed by atoms with E-state index in [1.165, 1.54) is 0 Å². The Morgan fingerprint density at radius 2 is 2.00 bits per heavy atom. The van der Waals surface area contributed by atoms with Crippen molar-refractivity contribution in [1.82, 2.24) is 5.32 Å². The number of rotatable bonds is 5. The summed E-state index contributed by atoms with van der Waals surface area (Å²) >= 11 is 6.15. The Morgan fingerprint density at radius 3 is 2.83 bits per heavy atom. The van der Waals surface area contributed by atoms with Crippen molar-refractivity contribution >= 4 is 23.2 Å². The lowest BCUT2D eigenvalue weighted by molar-refractivity contribution is -0.115. The van der Waals surface area contributed by atoms with Gasteiger partial charge in [0.25, 0.3) is 0 Å². The van der Waals surface area contributed by atoms with Gasteiger partial charge in [0.1, 0.15) is 0 Å². The minimum atomic E-state index is -0.136. The van der Waals surface area contributed by atoms with Crippen LogP contribution in [-0.4, -0.2) is 19.2 Å². The summed E-state index contributed by atoms with van der Waals surface area (Å²) < 4.78 is 10.5. The average Bonchev–Trinajstić information content (AvgIpc) is 3.01. The van der Waals surface area contributed by atoms with E-state index < -0.39 is 0 Å². The molecule has 0 unspecified atom stereocenters. The van der Waals surface area contributed by atoms with E-state index in [4.69, 9.17) is 21.1 Å². The van der Waals surface area contributed by atoms with Gasteiger partial charge in [-0.1, -0.05) is 29.8 Å². The van der Waals surface area contributed by atoms with E-state index in [0.717, 1.165) is 5.56 Å². The highest BCUT2D eigenvalue weighted by molar-refractivity contribution is 6.31. The maximum absolute atomic E-state index is 12.1. The Balaban J connectivity index is 1.54. The molecule has 0 aliphatic carbocycles. The van der Waals surface area contributed by atoms with Crippen LogP contribution in [0, 0.1) is 0 Å². The van der Waals surface area contributed by atoms with Crippen molar-refractivity contribution in [2.24, 2.45) is 0 Å². The van der Waals surface area contributed by atoms with Crippen LogP contribution >= 0.6 is 11.6 Å². The van der Waals surface area contributed by atoms with Crippen molar-refractivity contribution in [3.8, 4) is 11.5 Å². The van der Waals surface area contributed by atoms with Crippen LogP contribution in [0.5, 0.6) is 11.5 Å². The van der Waals surface area contributed by atoms with Gasteiger partial charge in [-0.2, -0.15) is 0 Å². The number of nitrogens with one attached hydrogen (secondary N) is 2.